The summed E-state index contributed by atoms with van der Waals surface area (Å²) in [5, 5.41) is 13.9. The van der Waals surface area contributed by atoms with Gasteiger partial charge in [-0.15, -0.1) is 11.3 Å². The third-order valence-electron chi connectivity index (χ3n) is 4.75. The third kappa shape index (κ3) is 4.33. The van der Waals surface area contributed by atoms with E-state index in [1.165, 1.54) is 32.2 Å². The number of nitro benzene ring substituents is 1. The molecule has 0 fully saturated rings. The summed E-state index contributed by atoms with van der Waals surface area (Å²) in [6.45, 7) is 7.78. The number of thiophene rings is 1. The van der Waals surface area contributed by atoms with Crippen LogP contribution in [0.15, 0.2) is 18.2 Å². The molecule has 0 saturated heterocycles. The molecule has 0 bridgehead atoms. The van der Waals surface area contributed by atoms with Crippen molar-refractivity contribution in [1.29, 1.82) is 0 Å². The van der Waals surface area contributed by atoms with Gasteiger partial charge in [0, 0.05) is 30.3 Å². The van der Waals surface area contributed by atoms with Crippen LogP contribution in [-0.4, -0.2) is 47.8 Å². The highest BCUT2D eigenvalue weighted by molar-refractivity contribution is 7.18. The number of nitrogens with one attached hydrogen (secondary N) is 1. The number of ether oxygens (including phenoxy) is 1. The maximum atomic E-state index is 12.8. The fraction of sp³-hybridized carbons (Fsp3) is 0.350. The van der Waals surface area contributed by atoms with Crippen molar-refractivity contribution in [3.63, 3.8) is 0 Å². The highest BCUT2D eigenvalue weighted by Crippen LogP contribution is 2.35. The monoisotopic (exact) mass is 433 g/mol. The number of carbonyl (C=O) groups excluding carboxylic acids is 3. The zero-order valence-corrected chi connectivity index (χ0v) is 18.2. The molecular formula is C20H23N3O6S. The zero-order chi connectivity index (χ0) is 22.6. The smallest absolute Gasteiger partial charge is 0.341 e. The van der Waals surface area contributed by atoms with E-state index in [0.29, 0.717) is 23.5 Å². The summed E-state index contributed by atoms with van der Waals surface area (Å²) in [7, 11) is 1.21. The number of carbonyl (C=O) groups is 3. The van der Waals surface area contributed by atoms with Gasteiger partial charge in [-0.25, -0.2) is 4.79 Å². The van der Waals surface area contributed by atoms with Gasteiger partial charge in [0.2, 0.25) is 0 Å². The van der Waals surface area contributed by atoms with Crippen molar-refractivity contribution in [1.82, 2.24) is 4.90 Å². The number of benzene rings is 1. The highest BCUT2D eigenvalue weighted by atomic mass is 32.1. The quantitative estimate of drug-likeness (QED) is 0.403. The van der Waals surface area contributed by atoms with Crippen molar-refractivity contribution in [2.75, 3.05) is 25.5 Å². The van der Waals surface area contributed by atoms with Gasteiger partial charge in [0.15, 0.2) is 0 Å². The number of nitrogens with zero attached hydrogens (tertiary/aromatic N) is 2. The van der Waals surface area contributed by atoms with Gasteiger partial charge >= 0.3 is 5.97 Å². The second-order valence-electron chi connectivity index (χ2n) is 6.39. The summed E-state index contributed by atoms with van der Waals surface area (Å²) in [6.07, 6.45) is 0. The van der Waals surface area contributed by atoms with Crippen LogP contribution < -0.4 is 5.32 Å². The van der Waals surface area contributed by atoms with Gasteiger partial charge in [-0.05, 0) is 39.3 Å². The molecule has 0 aliphatic rings. The molecule has 1 aromatic carbocycles. The molecule has 0 saturated carbocycles. The molecule has 0 unspecified atom stereocenters. The molecule has 0 spiro atoms. The van der Waals surface area contributed by atoms with Crippen LogP contribution in [0.2, 0.25) is 0 Å². The first-order chi connectivity index (χ1) is 14.2. The molecule has 0 atom stereocenters. The van der Waals surface area contributed by atoms with Crippen LogP contribution in [-0.2, 0) is 4.74 Å². The molecular weight excluding hydrogens is 410 g/mol. The van der Waals surface area contributed by atoms with E-state index < -0.39 is 16.8 Å². The van der Waals surface area contributed by atoms with E-state index in [-0.39, 0.29) is 33.3 Å². The molecule has 1 aromatic heterocycles. The Morgan fingerprint density at radius 2 is 1.80 bits per heavy atom. The van der Waals surface area contributed by atoms with Crippen molar-refractivity contribution in [2.45, 2.75) is 27.7 Å². The van der Waals surface area contributed by atoms with Crippen molar-refractivity contribution in [2.24, 2.45) is 0 Å². The fourth-order valence-electron chi connectivity index (χ4n) is 3.05. The Morgan fingerprint density at radius 1 is 1.17 bits per heavy atom. The van der Waals surface area contributed by atoms with Crippen molar-refractivity contribution in [3.05, 3.63) is 55.4 Å². The van der Waals surface area contributed by atoms with E-state index in [1.807, 2.05) is 13.8 Å². The third-order valence-corrected chi connectivity index (χ3v) is 5.95. The van der Waals surface area contributed by atoms with Gasteiger partial charge in [-0.3, -0.25) is 19.7 Å². The molecule has 2 rings (SSSR count). The fourth-order valence-corrected chi connectivity index (χ4v) is 4.20. The van der Waals surface area contributed by atoms with Crippen LogP contribution in [0.3, 0.4) is 0 Å². The minimum Gasteiger partial charge on any atom is -0.465 e. The summed E-state index contributed by atoms with van der Waals surface area (Å²) in [5.41, 5.74) is 0.620. The lowest BCUT2D eigenvalue weighted by atomic mass is 10.1. The van der Waals surface area contributed by atoms with Gasteiger partial charge in [0.05, 0.1) is 22.5 Å². The first-order valence-electron chi connectivity index (χ1n) is 9.24. The van der Waals surface area contributed by atoms with Crippen LogP contribution in [0.1, 0.15) is 55.4 Å². The van der Waals surface area contributed by atoms with E-state index >= 15 is 0 Å². The molecule has 0 radical (unpaired) electrons. The van der Waals surface area contributed by atoms with Crippen LogP contribution in [0.5, 0.6) is 0 Å². The van der Waals surface area contributed by atoms with Gasteiger partial charge in [0.1, 0.15) is 5.00 Å². The Labute approximate surface area is 177 Å². The van der Waals surface area contributed by atoms with Crippen molar-refractivity contribution in [3.8, 4) is 0 Å². The van der Waals surface area contributed by atoms with E-state index in [1.54, 1.807) is 11.8 Å². The van der Waals surface area contributed by atoms with Gasteiger partial charge in [-0.1, -0.05) is 6.07 Å². The first kappa shape index (κ1) is 23.0. The summed E-state index contributed by atoms with van der Waals surface area (Å²) in [5.74, 6) is -1.56. The molecule has 160 valence electrons. The topological polar surface area (TPSA) is 119 Å². The van der Waals surface area contributed by atoms with E-state index in [2.05, 4.69) is 5.32 Å². The maximum absolute atomic E-state index is 12.8. The number of amides is 2. The molecule has 1 N–H and O–H groups in total. The molecule has 0 aliphatic heterocycles. The Kier molecular flexibility index (Phi) is 7.28. The van der Waals surface area contributed by atoms with E-state index in [0.717, 1.165) is 11.3 Å². The number of esters is 1. The van der Waals surface area contributed by atoms with Crippen LogP contribution in [0.4, 0.5) is 10.7 Å². The number of anilines is 1. The molecule has 0 aliphatic carbocycles. The van der Waals surface area contributed by atoms with E-state index in [9.17, 15) is 24.5 Å². The van der Waals surface area contributed by atoms with Crippen LogP contribution in [0.25, 0.3) is 0 Å². The number of rotatable bonds is 7. The predicted molar refractivity (Wildman–Crippen MR) is 113 cm³/mol. The average molecular weight is 433 g/mol. The normalized spacial score (nSPS) is 10.4. The van der Waals surface area contributed by atoms with Crippen LogP contribution >= 0.6 is 11.3 Å². The summed E-state index contributed by atoms with van der Waals surface area (Å²) < 4.78 is 4.83. The molecule has 30 heavy (non-hydrogen) atoms. The zero-order valence-electron chi connectivity index (χ0n) is 17.4. The summed E-state index contributed by atoms with van der Waals surface area (Å²) >= 11 is 0.978. The minimum absolute atomic E-state index is 0.0921. The number of hydrogen-bond acceptors (Lipinski definition) is 7. The average Bonchev–Trinajstić information content (AvgIpc) is 3.03. The molecule has 2 aromatic rings. The number of methoxy groups -OCH3 is 1. The van der Waals surface area contributed by atoms with Crippen LogP contribution in [0, 0.1) is 24.0 Å². The van der Waals surface area contributed by atoms with Gasteiger partial charge in [-0.2, -0.15) is 0 Å². The Morgan fingerprint density at radius 3 is 2.33 bits per heavy atom. The second kappa shape index (κ2) is 9.49. The molecule has 9 nitrogen and oxygen atoms in total. The van der Waals surface area contributed by atoms with Crippen molar-refractivity contribution >= 4 is 39.8 Å². The molecule has 2 amide bonds. The highest BCUT2D eigenvalue weighted by Gasteiger charge is 2.29. The minimum atomic E-state index is -0.687. The van der Waals surface area contributed by atoms with Crippen molar-refractivity contribution < 1.29 is 24.0 Å². The number of hydrogen-bond donors (Lipinski definition) is 1. The first-order valence-corrected chi connectivity index (χ1v) is 10.1. The lowest BCUT2D eigenvalue weighted by Gasteiger charge is -2.17. The lowest BCUT2D eigenvalue weighted by Crippen LogP contribution is -2.30. The van der Waals surface area contributed by atoms with Gasteiger partial charge < -0.3 is 15.0 Å². The summed E-state index contributed by atoms with van der Waals surface area (Å²) in [4.78, 5) is 50.5. The predicted octanol–water partition coefficient (Wildman–Crippen LogP) is 3.79. The van der Waals surface area contributed by atoms with Gasteiger partial charge in [0.25, 0.3) is 17.5 Å². The molecule has 10 heteroatoms. The molecule has 1 heterocycles. The largest absolute Gasteiger partial charge is 0.465 e. The number of nitro groups is 1. The Hall–Kier alpha value is -3.27. The second-order valence-corrected chi connectivity index (χ2v) is 7.41. The maximum Gasteiger partial charge on any atom is 0.341 e. The summed E-state index contributed by atoms with van der Waals surface area (Å²) in [6, 6.07) is 4.18. The SMILES string of the molecule is CCN(CC)C(=O)c1sc(NC(=O)c2cccc([N+](=O)[O-])c2C)c(C(=O)OC)c1C. The Bertz CT molecular complexity index is 1010. The Balaban J connectivity index is 2.51. The van der Waals surface area contributed by atoms with E-state index in [4.69, 9.17) is 4.74 Å². The standard InChI is InChI=1S/C20H23N3O6S/c1-6-22(7-2)19(25)16-12(4)15(20(26)29-5)18(30-16)21-17(24)13-9-8-10-14(11(13)3)23(27)28/h8-10H,6-7H2,1-5H3,(H,21,24). The lowest BCUT2D eigenvalue weighted by molar-refractivity contribution is -0.385.